The molecule has 8 fully saturated rings. The minimum atomic E-state index is -0.684. The van der Waals surface area contributed by atoms with Crippen molar-refractivity contribution in [3.8, 4) is 0 Å². The van der Waals surface area contributed by atoms with Crippen molar-refractivity contribution in [3.63, 3.8) is 0 Å². The van der Waals surface area contributed by atoms with Gasteiger partial charge in [-0.05, 0) is 203 Å². The Morgan fingerprint density at radius 2 is 0.419 bits per heavy atom. The van der Waals surface area contributed by atoms with Gasteiger partial charge in [0.15, 0.2) is 0 Å². The molecule has 136 heavy (non-hydrogen) atoms. The summed E-state index contributed by atoms with van der Waals surface area (Å²) in [4.78, 5) is 170. The molecule has 8 saturated heterocycles. The SMILES string of the molecule is CC1=C(N2CCN(C3CCN([C@@H](C)[C@@H](O)c4ccc5c(c4C)COC5=O)CC3)C2=O)COC1=O.CC1=C(N2CCN(C3CCN([C@@H](C)[C@H](O)c4ccc5c(c4C)COC5=O)CC3)C2=O)COC1=O.CC1=C(N2CCN(C3CCN([C@H](C)[C@@H](O)c4ccc5c(c4C)COC5=O)CC3)C2=O)COC1=O.CC1=C(N2CCN(C3CCN([C@H](C)[C@H](O)c4ccc5c(c4C)COC5=O)CC3)C2=O)COC1=O. The number of likely N-dealkylation sites (tertiary alicyclic amines) is 4. The zero-order chi connectivity index (χ0) is 96.6. The molecule has 0 saturated carbocycles. The first kappa shape index (κ1) is 96.1. The predicted molar refractivity (Wildman–Crippen MR) is 487 cm³/mol. The van der Waals surface area contributed by atoms with Crippen molar-refractivity contribution < 1.29 is 116 Å². The van der Waals surface area contributed by atoms with Gasteiger partial charge < -0.3 is 77.9 Å². The molecule has 36 nitrogen and oxygen atoms in total. The van der Waals surface area contributed by atoms with Crippen LogP contribution in [0.5, 0.6) is 0 Å². The van der Waals surface area contributed by atoms with E-state index in [1.54, 1.807) is 71.6 Å². The second-order valence-electron chi connectivity index (χ2n) is 38.4. The van der Waals surface area contributed by atoms with Crippen molar-refractivity contribution in [2.24, 2.45) is 0 Å². The standard InChI is InChI=1S/4C25H31N3O6/c4*1-14-18(4-5-19-20(14)12-33-24(19)31)22(29)16(3)26-8-6-17(7-9-26)27-10-11-28(25(27)32)21-13-34-23(30)15(21)2/h4*4-5,16-17,22,29H,6-13H2,1-3H3/t2*16-,22+;2*16-,22-/m1010/s1. The third-order valence-electron chi connectivity index (χ3n) is 31.8. The number of esters is 8. The maximum absolute atomic E-state index is 13.1. The number of urea groups is 4. The lowest BCUT2D eigenvalue weighted by Crippen LogP contribution is -2.49. The fraction of sp³-hybridized carbons (Fsp3) is 0.560. The molecule has 0 bridgehead atoms. The van der Waals surface area contributed by atoms with E-state index in [1.807, 2.05) is 99.3 Å². The van der Waals surface area contributed by atoms with Crippen molar-refractivity contribution in [3.05, 3.63) is 183 Å². The predicted octanol–water partition coefficient (Wildman–Crippen LogP) is 8.48. The molecule has 8 atom stereocenters. The van der Waals surface area contributed by atoms with Gasteiger partial charge in [0.05, 0.1) is 91.8 Å². The average Bonchev–Trinajstić information content (AvgIpc) is 1.48. The first-order valence-electron chi connectivity index (χ1n) is 47.8. The molecule has 728 valence electrons. The van der Waals surface area contributed by atoms with E-state index in [-0.39, 0.29) is 173 Å². The Kier molecular flexibility index (Phi) is 27.9. The highest BCUT2D eigenvalue weighted by Gasteiger charge is 2.48. The molecule has 0 aromatic heterocycles. The van der Waals surface area contributed by atoms with E-state index in [2.05, 4.69) is 19.6 Å². The molecular weight excluding hydrogens is 1750 g/mol. The molecule has 0 radical (unpaired) electrons. The van der Waals surface area contributed by atoms with E-state index in [0.717, 1.165) is 170 Å². The Balaban J connectivity index is 0.000000126. The van der Waals surface area contributed by atoms with Gasteiger partial charge in [-0.3, -0.25) is 39.2 Å². The number of carbonyl (C=O) groups is 12. The van der Waals surface area contributed by atoms with E-state index in [1.165, 1.54) is 0 Å². The van der Waals surface area contributed by atoms with Crippen LogP contribution < -0.4 is 0 Å². The number of piperidine rings is 4. The monoisotopic (exact) mass is 1880 g/mol. The summed E-state index contributed by atoms with van der Waals surface area (Å²) in [6.07, 6.45) is 3.90. The van der Waals surface area contributed by atoms with Gasteiger partial charge in [-0.1, -0.05) is 24.3 Å². The first-order valence-corrected chi connectivity index (χ1v) is 47.8. The van der Waals surface area contributed by atoms with Crippen LogP contribution in [0.4, 0.5) is 19.2 Å². The van der Waals surface area contributed by atoms with Gasteiger partial charge >= 0.3 is 71.9 Å². The number of hydrogen-bond acceptors (Lipinski definition) is 28. The van der Waals surface area contributed by atoms with E-state index < -0.39 is 24.4 Å². The highest BCUT2D eigenvalue weighted by atomic mass is 16.6. The summed E-state index contributed by atoms with van der Waals surface area (Å²) in [6, 6.07) is 14.3. The quantitative estimate of drug-likeness (QED) is 0.0476. The maximum Gasteiger partial charge on any atom is 0.338 e. The molecule has 0 aliphatic carbocycles. The van der Waals surface area contributed by atoms with Crippen molar-refractivity contribution in [2.75, 3.05) is 131 Å². The molecule has 4 N–H and O–H groups in total. The molecule has 0 unspecified atom stereocenters. The molecule has 16 heterocycles. The Hall–Kier alpha value is -11.6. The van der Waals surface area contributed by atoms with Gasteiger partial charge in [-0.2, -0.15) is 0 Å². The minimum Gasteiger partial charge on any atom is -0.457 e. The highest BCUT2D eigenvalue weighted by molar-refractivity contribution is 5.98. The van der Waals surface area contributed by atoms with Gasteiger partial charge in [0.1, 0.15) is 52.9 Å². The summed E-state index contributed by atoms with van der Waals surface area (Å²) in [5.41, 5.74) is 17.6. The first-order chi connectivity index (χ1) is 65.1. The summed E-state index contributed by atoms with van der Waals surface area (Å²) in [6.45, 7) is 35.5. The van der Waals surface area contributed by atoms with Gasteiger partial charge in [0.25, 0.3) is 0 Å². The molecule has 20 rings (SSSR count). The van der Waals surface area contributed by atoms with Crippen LogP contribution in [0.2, 0.25) is 0 Å². The van der Waals surface area contributed by atoms with Crippen molar-refractivity contribution in [2.45, 2.75) is 234 Å². The van der Waals surface area contributed by atoms with Gasteiger partial charge in [-0.25, -0.2) is 57.5 Å². The number of benzene rings is 4. The second-order valence-corrected chi connectivity index (χ2v) is 38.4. The lowest BCUT2D eigenvalue weighted by molar-refractivity contribution is -0.136. The summed E-state index contributed by atoms with van der Waals surface area (Å²) >= 11 is 0. The highest BCUT2D eigenvalue weighted by Crippen LogP contribution is 2.42. The summed E-state index contributed by atoms with van der Waals surface area (Å²) < 4.78 is 40.9. The van der Waals surface area contributed by atoms with Gasteiger partial charge in [0, 0.05) is 175 Å². The second kappa shape index (κ2) is 39.5. The smallest absolute Gasteiger partial charge is 0.338 e. The minimum absolute atomic E-state index is 0.0512. The number of aliphatic hydroxyl groups excluding tert-OH is 4. The molecule has 4 aromatic carbocycles. The number of rotatable bonds is 20. The molecule has 36 heteroatoms. The van der Waals surface area contributed by atoms with E-state index in [0.29, 0.717) is 120 Å². The van der Waals surface area contributed by atoms with Gasteiger partial charge in [0.2, 0.25) is 0 Å². The van der Waals surface area contributed by atoms with Crippen molar-refractivity contribution in [1.82, 2.24) is 58.8 Å². The van der Waals surface area contributed by atoms with Crippen LogP contribution in [0.1, 0.15) is 239 Å². The number of fused-ring (bicyclic) bond motifs is 4. The maximum atomic E-state index is 13.1. The number of ether oxygens (including phenoxy) is 8. The molecular formula is C100H124N12O24. The van der Waals surface area contributed by atoms with Crippen LogP contribution in [0.15, 0.2) is 93.6 Å². The van der Waals surface area contributed by atoms with Crippen molar-refractivity contribution >= 4 is 71.9 Å². The number of carbonyl (C=O) groups excluding carboxylic acids is 12. The van der Waals surface area contributed by atoms with Crippen LogP contribution >= 0.6 is 0 Å². The Bertz CT molecular complexity index is 4980. The molecule has 4 aromatic rings. The molecule has 16 aliphatic rings. The topological polar surface area (TPSA) is 398 Å². The van der Waals surface area contributed by atoms with Crippen LogP contribution in [0.3, 0.4) is 0 Å². The zero-order valence-electron chi connectivity index (χ0n) is 79.5. The number of hydrogen-bond donors (Lipinski definition) is 4. The largest absolute Gasteiger partial charge is 0.457 e. The molecule has 8 amide bonds. The zero-order valence-corrected chi connectivity index (χ0v) is 79.5. The average molecular weight is 1880 g/mol. The fourth-order valence-corrected chi connectivity index (χ4v) is 22.6. The van der Waals surface area contributed by atoms with Gasteiger partial charge in [-0.15, -0.1) is 0 Å². The van der Waals surface area contributed by atoms with Crippen LogP contribution in [-0.4, -0.2) is 331 Å². The summed E-state index contributed by atoms with van der Waals surface area (Å²) in [7, 11) is 0. The van der Waals surface area contributed by atoms with Crippen LogP contribution in [-0.2, 0) is 83.5 Å². The Labute approximate surface area is 790 Å². The Morgan fingerprint density at radius 1 is 0.243 bits per heavy atom. The number of aliphatic hydroxyl groups is 4. The van der Waals surface area contributed by atoms with Crippen LogP contribution in [0, 0.1) is 27.7 Å². The fourth-order valence-electron chi connectivity index (χ4n) is 22.6. The number of amides is 8. The molecule has 16 aliphatic heterocycles. The van der Waals surface area contributed by atoms with E-state index in [4.69, 9.17) is 37.9 Å². The third-order valence-corrected chi connectivity index (χ3v) is 31.8. The summed E-state index contributed by atoms with van der Waals surface area (Å²) in [5, 5.41) is 44.6. The normalized spacial score (nSPS) is 23.5. The summed E-state index contributed by atoms with van der Waals surface area (Å²) in [5.74, 6) is -2.60. The van der Waals surface area contributed by atoms with E-state index in [9.17, 15) is 78.0 Å². The lowest BCUT2D eigenvalue weighted by atomic mass is 9.91. The number of nitrogens with zero attached hydrogens (tertiary/aromatic N) is 12. The van der Waals surface area contributed by atoms with Crippen LogP contribution in [0.25, 0.3) is 0 Å². The molecule has 0 spiro atoms. The lowest BCUT2D eigenvalue weighted by Gasteiger charge is -2.40. The third kappa shape index (κ3) is 18.0. The Morgan fingerprint density at radius 3 is 0.588 bits per heavy atom. The van der Waals surface area contributed by atoms with E-state index >= 15 is 0 Å². The van der Waals surface area contributed by atoms with Crippen molar-refractivity contribution in [1.29, 1.82) is 0 Å². The number of cyclic esters (lactones) is 8.